The molecule has 0 saturated heterocycles. The first kappa shape index (κ1) is 18.2. The Morgan fingerprint density at radius 1 is 1.14 bits per heavy atom. The van der Waals surface area contributed by atoms with Gasteiger partial charge in [-0.15, -0.1) is 11.3 Å². The maximum absolute atomic E-state index is 12.2. The molecule has 5 heteroatoms. The molecule has 0 radical (unpaired) electrons. The average molecular weight is 404 g/mol. The number of rotatable bonds is 4. The molecular weight excluding hydrogens is 382 g/mol. The van der Waals surface area contributed by atoms with Gasteiger partial charge in [0, 0.05) is 35.5 Å². The third kappa shape index (κ3) is 3.37. The Balaban J connectivity index is 1.58. The number of hydrogen-bond acceptors (Lipinski definition) is 5. The van der Waals surface area contributed by atoms with Crippen molar-refractivity contribution in [3.8, 4) is 5.75 Å². The second-order valence-corrected chi connectivity index (χ2v) is 8.29. The van der Waals surface area contributed by atoms with Crippen LogP contribution in [0.15, 0.2) is 75.3 Å². The zero-order valence-electron chi connectivity index (χ0n) is 16.1. The molecule has 0 bridgehead atoms. The van der Waals surface area contributed by atoms with Gasteiger partial charge in [0.15, 0.2) is 0 Å². The van der Waals surface area contributed by atoms with Gasteiger partial charge in [0.1, 0.15) is 11.3 Å². The molecule has 146 valence electrons. The molecule has 5 rings (SSSR count). The molecule has 1 aliphatic heterocycles. The van der Waals surface area contributed by atoms with Crippen LogP contribution in [0.25, 0.3) is 11.0 Å². The lowest BCUT2D eigenvalue weighted by Gasteiger charge is -2.36. The zero-order valence-corrected chi connectivity index (χ0v) is 16.9. The first-order valence-corrected chi connectivity index (χ1v) is 10.6. The third-order valence-corrected chi connectivity index (χ3v) is 6.59. The number of methoxy groups -OCH3 is 1. The van der Waals surface area contributed by atoms with E-state index in [1.54, 1.807) is 19.2 Å². The van der Waals surface area contributed by atoms with Crippen molar-refractivity contribution >= 4 is 22.3 Å². The normalized spacial score (nSPS) is 16.7. The van der Waals surface area contributed by atoms with E-state index in [-0.39, 0.29) is 11.7 Å². The highest BCUT2D eigenvalue weighted by Gasteiger charge is 2.30. The van der Waals surface area contributed by atoms with E-state index in [4.69, 9.17) is 9.15 Å². The van der Waals surface area contributed by atoms with E-state index in [9.17, 15) is 4.79 Å². The number of ether oxygens (including phenoxy) is 1. The topological polar surface area (TPSA) is 42.7 Å². The van der Waals surface area contributed by atoms with E-state index in [1.807, 2.05) is 23.5 Å². The summed E-state index contributed by atoms with van der Waals surface area (Å²) >= 11 is 1.84. The van der Waals surface area contributed by atoms with Crippen molar-refractivity contribution in [2.75, 3.05) is 13.7 Å². The molecule has 0 N–H and O–H groups in total. The molecule has 2 aromatic carbocycles. The van der Waals surface area contributed by atoms with Crippen molar-refractivity contribution < 1.29 is 9.15 Å². The van der Waals surface area contributed by atoms with Crippen LogP contribution in [0.1, 0.15) is 27.6 Å². The van der Waals surface area contributed by atoms with Crippen LogP contribution in [0.2, 0.25) is 0 Å². The van der Waals surface area contributed by atoms with Crippen molar-refractivity contribution in [2.24, 2.45) is 0 Å². The Morgan fingerprint density at radius 2 is 2.00 bits per heavy atom. The van der Waals surface area contributed by atoms with Crippen LogP contribution >= 0.6 is 11.3 Å². The Morgan fingerprint density at radius 3 is 2.83 bits per heavy atom. The number of fused-ring (bicyclic) bond motifs is 2. The number of thiophene rings is 1. The molecule has 0 amide bonds. The van der Waals surface area contributed by atoms with Crippen LogP contribution in [0.3, 0.4) is 0 Å². The van der Waals surface area contributed by atoms with E-state index in [2.05, 4.69) is 46.7 Å². The summed E-state index contributed by atoms with van der Waals surface area (Å²) in [4.78, 5) is 16.1. The van der Waals surface area contributed by atoms with Gasteiger partial charge in [0.25, 0.3) is 0 Å². The summed E-state index contributed by atoms with van der Waals surface area (Å²) < 4.78 is 10.7. The molecule has 1 atom stereocenters. The van der Waals surface area contributed by atoms with Crippen LogP contribution in [-0.2, 0) is 13.0 Å². The summed E-state index contributed by atoms with van der Waals surface area (Å²) in [5, 5.41) is 3.14. The van der Waals surface area contributed by atoms with Gasteiger partial charge >= 0.3 is 5.63 Å². The molecule has 2 aromatic heterocycles. The van der Waals surface area contributed by atoms with Gasteiger partial charge in [0.2, 0.25) is 0 Å². The van der Waals surface area contributed by atoms with Gasteiger partial charge in [-0.25, -0.2) is 4.79 Å². The van der Waals surface area contributed by atoms with Crippen LogP contribution < -0.4 is 10.4 Å². The van der Waals surface area contributed by atoms with Crippen molar-refractivity contribution in [3.63, 3.8) is 0 Å². The van der Waals surface area contributed by atoms with Gasteiger partial charge in [0.05, 0.1) is 13.2 Å². The summed E-state index contributed by atoms with van der Waals surface area (Å²) in [6.45, 7) is 1.63. The van der Waals surface area contributed by atoms with Crippen LogP contribution in [0.5, 0.6) is 5.75 Å². The highest BCUT2D eigenvalue weighted by molar-refractivity contribution is 7.10. The van der Waals surface area contributed by atoms with E-state index < -0.39 is 0 Å². The predicted octanol–water partition coefficient (Wildman–Crippen LogP) is 5.01. The largest absolute Gasteiger partial charge is 0.497 e. The second kappa shape index (κ2) is 7.50. The number of hydrogen-bond donors (Lipinski definition) is 0. The van der Waals surface area contributed by atoms with Gasteiger partial charge < -0.3 is 9.15 Å². The Bertz CT molecular complexity index is 1210. The maximum atomic E-state index is 12.2. The fourth-order valence-electron chi connectivity index (χ4n) is 4.25. The standard InChI is InChI=1S/C24H21NO3S/c1-27-18-7-8-19-17(13-23(26)28-21(19)14-18)15-25-11-9-22-20(10-12-29-22)24(25)16-5-3-2-4-6-16/h2-8,10,12-14,24H,9,11,15H2,1H3. The molecule has 4 nitrogen and oxygen atoms in total. The molecule has 1 aliphatic rings. The molecule has 0 saturated carbocycles. The van der Waals surface area contributed by atoms with Gasteiger partial charge in [-0.1, -0.05) is 30.3 Å². The molecule has 4 aromatic rings. The minimum absolute atomic E-state index is 0.187. The van der Waals surface area contributed by atoms with E-state index >= 15 is 0 Å². The number of nitrogens with zero attached hydrogens (tertiary/aromatic N) is 1. The van der Waals surface area contributed by atoms with Crippen LogP contribution in [0, 0.1) is 0 Å². The fraction of sp³-hybridized carbons (Fsp3) is 0.208. The van der Waals surface area contributed by atoms with Crippen molar-refractivity contribution in [3.05, 3.63) is 98.0 Å². The van der Waals surface area contributed by atoms with Crippen molar-refractivity contribution in [1.29, 1.82) is 0 Å². The Kier molecular flexibility index (Phi) is 4.70. The highest BCUT2D eigenvalue weighted by Crippen LogP contribution is 2.39. The first-order valence-electron chi connectivity index (χ1n) is 9.69. The molecule has 0 aliphatic carbocycles. The number of benzene rings is 2. The van der Waals surface area contributed by atoms with Gasteiger partial charge in [-0.3, -0.25) is 4.90 Å². The summed E-state index contributed by atoms with van der Waals surface area (Å²) in [6.07, 6.45) is 1.03. The SMILES string of the molecule is COc1ccc2c(CN3CCc4sccc4C3c3ccccc3)cc(=O)oc2c1. The average Bonchev–Trinajstić information content (AvgIpc) is 3.22. The highest BCUT2D eigenvalue weighted by atomic mass is 32.1. The smallest absolute Gasteiger partial charge is 0.336 e. The summed E-state index contributed by atoms with van der Waals surface area (Å²) in [6, 6.07) is 20.3. The Labute approximate surface area is 173 Å². The lowest BCUT2D eigenvalue weighted by molar-refractivity contribution is 0.206. The summed E-state index contributed by atoms with van der Waals surface area (Å²) in [5.41, 5.74) is 3.88. The van der Waals surface area contributed by atoms with Crippen LogP contribution in [0.4, 0.5) is 0 Å². The minimum atomic E-state index is -0.328. The lowest BCUT2D eigenvalue weighted by Crippen LogP contribution is -2.35. The third-order valence-electron chi connectivity index (χ3n) is 5.59. The van der Waals surface area contributed by atoms with E-state index in [0.717, 1.165) is 23.9 Å². The van der Waals surface area contributed by atoms with Crippen LogP contribution in [-0.4, -0.2) is 18.6 Å². The molecule has 1 unspecified atom stereocenters. The molecule has 0 spiro atoms. The second-order valence-electron chi connectivity index (χ2n) is 7.29. The Hall–Kier alpha value is -2.89. The van der Waals surface area contributed by atoms with Gasteiger partial charge in [-0.05, 0) is 46.7 Å². The first-order chi connectivity index (χ1) is 14.2. The fourth-order valence-corrected chi connectivity index (χ4v) is 5.15. The van der Waals surface area contributed by atoms with Crippen molar-refractivity contribution in [1.82, 2.24) is 4.90 Å². The summed E-state index contributed by atoms with van der Waals surface area (Å²) in [7, 11) is 1.61. The summed E-state index contributed by atoms with van der Waals surface area (Å²) in [5.74, 6) is 0.681. The monoisotopic (exact) mass is 403 g/mol. The molecule has 3 heterocycles. The molecule has 0 fully saturated rings. The maximum Gasteiger partial charge on any atom is 0.336 e. The zero-order chi connectivity index (χ0) is 19.8. The predicted molar refractivity (Wildman–Crippen MR) is 116 cm³/mol. The minimum Gasteiger partial charge on any atom is -0.497 e. The lowest BCUT2D eigenvalue weighted by atomic mass is 9.92. The van der Waals surface area contributed by atoms with Gasteiger partial charge in [-0.2, -0.15) is 0 Å². The van der Waals surface area contributed by atoms with E-state index in [0.29, 0.717) is 17.9 Å². The molecular formula is C24H21NO3S. The molecule has 29 heavy (non-hydrogen) atoms. The van der Waals surface area contributed by atoms with E-state index in [1.165, 1.54) is 16.0 Å². The quantitative estimate of drug-likeness (QED) is 0.449. The van der Waals surface area contributed by atoms with Crippen molar-refractivity contribution in [2.45, 2.75) is 19.0 Å².